The van der Waals surface area contributed by atoms with Gasteiger partial charge >= 0.3 is 0 Å². The van der Waals surface area contributed by atoms with Crippen LogP contribution in [0.4, 0.5) is 0 Å². The van der Waals surface area contributed by atoms with Crippen molar-refractivity contribution >= 4 is 0 Å². The van der Waals surface area contributed by atoms with Crippen molar-refractivity contribution in [2.45, 2.75) is 0 Å². The van der Waals surface area contributed by atoms with Crippen LogP contribution >= 0.6 is 0 Å². The lowest BCUT2D eigenvalue weighted by Gasteiger charge is -2.22. The monoisotopic (exact) mass is 160 g/mol. The van der Waals surface area contributed by atoms with E-state index in [-0.39, 0.29) is 0 Å². The van der Waals surface area contributed by atoms with Crippen molar-refractivity contribution in [3.05, 3.63) is 48.3 Å². The van der Waals surface area contributed by atoms with Crippen LogP contribution in [0.25, 0.3) is 0 Å². The summed E-state index contributed by atoms with van der Waals surface area (Å²) in [6.45, 7) is 0. The second-order valence-electron chi connectivity index (χ2n) is 3.06. The normalized spacial score (nSPS) is 31.2. The van der Waals surface area contributed by atoms with Crippen LogP contribution < -0.4 is 0 Å². The second kappa shape index (κ2) is 3.02. The minimum Gasteiger partial charge on any atom is -0.497 e. The smallest absolute Gasteiger partial charge is 0.115 e. The Labute approximate surface area is 72.7 Å². The van der Waals surface area contributed by atoms with Gasteiger partial charge < -0.3 is 4.74 Å². The van der Waals surface area contributed by atoms with Crippen LogP contribution in [0.15, 0.2) is 48.3 Å². The summed E-state index contributed by atoms with van der Waals surface area (Å²) in [7, 11) is 1.71. The molecule has 0 heterocycles. The van der Waals surface area contributed by atoms with E-state index < -0.39 is 0 Å². The van der Waals surface area contributed by atoms with Gasteiger partial charge in [0.2, 0.25) is 0 Å². The van der Waals surface area contributed by atoms with Crippen LogP contribution in [-0.4, -0.2) is 7.11 Å². The molecule has 0 aromatic heterocycles. The van der Waals surface area contributed by atoms with Gasteiger partial charge in [-0.15, -0.1) is 0 Å². The molecule has 0 aromatic rings. The van der Waals surface area contributed by atoms with E-state index in [1.54, 1.807) is 7.11 Å². The van der Waals surface area contributed by atoms with E-state index in [2.05, 4.69) is 36.5 Å². The zero-order valence-corrected chi connectivity index (χ0v) is 7.10. The molecule has 0 aliphatic heterocycles. The van der Waals surface area contributed by atoms with Crippen molar-refractivity contribution in [3.8, 4) is 0 Å². The van der Waals surface area contributed by atoms with Crippen LogP contribution in [0.5, 0.6) is 0 Å². The summed E-state index contributed by atoms with van der Waals surface area (Å²) in [6.07, 6.45) is 15.0. The molecule has 1 heteroatoms. The molecular weight excluding hydrogens is 148 g/mol. The van der Waals surface area contributed by atoms with E-state index in [0.717, 1.165) is 5.76 Å². The molecule has 0 saturated carbocycles. The molecule has 0 bridgehead atoms. The van der Waals surface area contributed by atoms with Gasteiger partial charge in [-0.1, -0.05) is 30.4 Å². The van der Waals surface area contributed by atoms with E-state index >= 15 is 0 Å². The molecule has 0 fully saturated rings. The third-order valence-electron chi connectivity index (χ3n) is 2.30. The molecule has 0 N–H and O–H groups in total. The number of methoxy groups -OCH3 is 1. The fraction of sp³-hybridized carbons (Fsp3) is 0.273. The van der Waals surface area contributed by atoms with Crippen molar-refractivity contribution in [2.24, 2.45) is 11.8 Å². The Balaban J connectivity index is 2.22. The average Bonchev–Trinajstić information content (AvgIpc) is 2.17. The van der Waals surface area contributed by atoms with E-state index in [0.29, 0.717) is 11.8 Å². The van der Waals surface area contributed by atoms with Gasteiger partial charge in [-0.25, -0.2) is 0 Å². The zero-order valence-electron chi connectivity index (χ0n) is 7.10. The van der Waals surface area contributed by atoms with Crippen LogP contribution in [0.2, 0.25) is 0 Å². The molecule has 0 saturated heterocycles. The standard InChI is InChI=1S/C11H12O/c1-12-11-7-6-9-4-2-3-5-10(9)8-11/h2-10H,1H3. The highest BCUT2D eigenvalue weighted by Gasteiger charge is 2.17. The Bertz CT molecular complexity index is 281. The fourth-order valence-electron chi connectivity index (χ4n) is 1.59. The van der Waals surface area contributed by atoms with E-state index in [9.17, 15) is 0 Å². The lowest BCUT2D eigenvalue weighted by Crippen LogP contribution is -2.11. The predicted octanol–water partition coefficient (Wildman–Crippen LogP) is 2.44. The molecule has 0 radical (unpaired) electrons. The van der Waals surface area contributed by atoms with Gasteiger partial charge in [0.15, 0.2) is 0 Å². The molecule has 0 spiro atoms. The van der Waals surface area contributed by atoms with Gasteiger partial charge in [0.1, 0.15) is 5.76 Å². The summed E-state index contributed by atoms with van der Waals surface area (Å²) in [5.41, 5.74) is 0. The Morgan fingerprint density at radius 1 is 1.08 bits per heavy atom. The first-order chi connectivity index (χ1) is 5.90. The molecular formula is C11H12O. The summed E-state index contributed by atoms with van der Waals surface area (Å²) >= 11 is 0. The fourth-order valence-corrected chi connectivity index (χ4v) is 1.59. The maximum absolute atomic E-state index is 5.16. The molecule has 12 heavy (non-hydrogen) atoms. The number of ether oxygens (including phenoxy) is 1. The molecule has 0 aromatic carbocycles. The van der Waals surface area contributed by atoms with Gasteiger partial charge in [-0.2, -0.15) is 0 Å². The quantitative estimate of drug-likeness (QED) is 0.572. The third-order valence-corrected chi connectivity index (χ3v) is 2.30. The lowest BCUT2D eigenvalue weighted by atomic mass is 9.85. The Morgan fingerprint density at radius 2 is 1.83 bits per heavy atom. The lowest BCUT2D eigenvalue weighted by molar-refractivity contribution is 0.299. The average molecular weight is 160 g/mol. The summed E-state index contributed by atoms with van der Waals surface area (Å²) < 4.78 is 5.16. The van der Waals surface area contributed by atoms with Crippen LogP contribution in [0.1, 0.15) is 0 Å². The van der Waals surface area contributed by atoms with Crippen LogP contribution in [0.3, 0.4) is 0 Å². The minimum atomic E-state index is 0.495. The zero-order chi connectivity index (χ0) is 8.39. The molecule has 2 atom stereocenters. The molecule has 0 amide bonds. The van der Waals surface area contributed by atoms with Crippen molar-refractivity contribution in [2.75, 3.05) is 7.11 Å². The van der Waals surface area contributed by atoms with Crippen molar-refractivity contribution in [3.63, 3.8) is 0 Å². The van der Waals surface area contributed by atoms with Gasteiger partial charge in [-0.05, 0) is 12.2 Å². The van der Waals surface area contributed by atoms with Crippen molar-refractivity contribution < 1.29 is 4.74 Å². The molecule has 2 aliphatic carbocycles. The van der Waals surface area contributed by atoms with Gasteiger partial charge in [0.25, 0.3) is 0 Å². The van der Waals surface area contributed by atoms with Crippen LogP contribution in [0, 0.1) is 11.8 Å². The number of fused-ring (bicyclic) bond motifs is 1. The van der Waals surface area contributed by atoms with Crippen molar-refractivity contribution in [1.82, 2.24) is 0 Å². The number of rotatable bonds is 1. The third kappa shape index (κ3) is 1.22. The predicted molar refractivity (Wildman–Crippen MR) is 49.5 cm³/mol. The highest BCUT2D eigenvalue weighted by molar-refractivity contribution is 5.30. The molecule has 1 nitrogen and oxygen atoms in total. The summed E-state index contributed by atoms with van der Waals surface area (Å²) in [4.78, 5) is 0. The summed E-state index contributed by atoms with van der Waals surface area (Å²) in [5.74, 6) is 2.00. The maximum atomic E-state index is 5.16. The second-order valence-corrected chi connectivity index (χ2v) is 3.06. The highest BCUT2D eigenvalue weighted by atomic mass is 16.5. The van der Waals surface area contributed by atoms with Gasteiger partial charge in [0.05, 0.1) is 7.11 Å². The van der Waals surface area contributed by atoms with E-state index in [4.69, 9.17) is 4.74 Å². The van der Waals surface area contributed by atoms with Crippen molar-refractivity contribution in [1.29, 1.82) is 0 Å². The number of allylic oxidation sites excluding steroid dienone is 7. The Hall–Kier alpha value is -1.24. The van der Waals surface area contributed by atoms with Gasteiger partial charge in [0, 0.05) is 11.8 Å². The SMILES string of the molecule is COC1=CC2C=CC=CC2C=C1. The molecule has 2 rings (SSSR count). The Kier molecular flexibility index (Phi) is 1.86. The first-order valence-electron chi connectivity index (χ1n) is 4.19. The maximum Gasteiger partial charge on any atom is 0.115 e. The summed E-state index contributed by atoms with van der Waals surface area (Å²) in [6, 6.07) is 0. The first-order valence-corrected chi connectivity index (χ1v) is 4.19. The topological polar surface area (TPSA) is 9.23 Å². The molecule has 2 aliphatic rings. The highest BCUT2D eigenvalue weighted by Crippen LogP contribution is 2.27. The molecule has 62 valence electrons. The molecule has 2 unspecified atom stereocenters. The summed E-state index contributed by atoms with van der Waals surface area (Å²) in [5, 5.41) is 0. The largest absolute Gasteiger partial charge is 0.497 e. The number of hydrogen-bond donors (Lipinski definition) is 0. The van der Waals surface area contributed by atoms with E-state index in [1.165, 1.54) is 0 Å². The Morgan fingerprint density at radius 3 is 2.58 bits per heavy atom. The minimum absolute atomic E-state index is 0.495. The van der Waals surface area contributed by atoms with Crippen LogP contribution in [-0.2, 0) is 4.74 Å². The number of hydrogen-bond acceptors (Lipinski definition) is 1. The van der Waals surface area contributed by atoms with Gasteiger partial charge in [-0.3, -0.25) is 0 Å². The first kappa shape index (κ1) is 7.41. The van der Waals surface area contributed by atoms with E-state index in [1.807, 2.05) is 6.08 Å².